The smallest absolute Gasteiger partial charge is 0.251 e. The molecule has 1 heterocycles. The molecule has 0 aliphatic heterocycles. The summed E-state index contributed by atoms with van der Waals surface area (Å²) in [6.07, 6.45) is 3.28. The Bertz CT molecular complexity index is 945. The van der Waals surface area contributed by atoms with Gasteiger partial charge in [0.05, 0.1) is 17.8 Å². The molecular weight excluding hydrogens is 397 g/mol. The molecule has 0 aliphatic carbocycles. The molecule has 5 nitrogen and oxygen atoms in total. The van der Waals surface area contributed by atoms with Crippen molar-refractivity contribution in [1.82, 2.24) is 15.1 Å². The maximum Gasteiger partial charge on any atom is 0.251 e. The molecule has 0 radical (unpaired) electrons. The van der Waals surface area contributed by atoms with Crippen LogP contribution in [0.2, 0.25) is 10.0 Å². The third-order valence-corrected chi connectivity index (χ3v) is 5.05. The van der Waals surface area contributed by atoms with Crippen LogP contribution in [0.15, 0.2) is 48.8 Å². The number of rotatable bonds is 7. The first-order valence-corrected chi connectivity index (χ1v) is 9.62. The van der Waals surface area contributed by atoms with E-state index in [1.54, 1.807) is 29.2 Å². The molecule has 1 amide bonds. The lowest BCUT2D eigenvalue weighted by Crippen LogP contribution is -2.27. The van der Waals surface area contributed by atoms with Gasteiger partial charge in [-0.1, -0.05) is 35.3 Å². The van der Waals surface area contributed by atoms with Crippen LogP contribution in [-0.2, 0) is 13.2 Å². The van der Waals surface area contributed by atoms with Crippen molar-refractivity contribution in [3.8, 4) is 5.75 Å². The number of nitrogens with one attached hydrogen (secondary N) is 1. The van der Waals surface area contributed by atoms with Crippen LogP contribution in [-0.4, -0.2) is 22.2 Å². The van der Waals surface area contributed by atoms with Crippen molar-refractivity contribution in [3.63, 3.8) is 0 Å². The maximum absolute atomic E-state index is 12.2. The van der Waals surface area contributed by atoms with Gasteiger partial charge in [0.2, 0.25) is 0 Å². The van der Waals surface area contributed by atoms with Crippen LogP contribution >= 0.6 is 23.2 Å². The normalized spacial score (nSPS) is 10.7. The monoisotopic (exact) mass is 417 g/mol. The summed E-state index contributed by atoms with van der Waals surface area (Å²) in [6.45, 7) is 5.36. The van der Waals surface area contributed by atoms with Crippen molar-refractivity contribution in [2.24, 2.45) is 0 Å². The number of carbonyl (C=O) groups excluding carboxylic acids is 1. The van der Waals surface area contributed by atoms with Gasteiger partial charge in [-0.25, -0.2) is 0 Å². The van der Waals surface area contributed by atoms with Gasteiger partial charge < -0.3 is 10.1 Å². The van der Waals surface area contributed by atoms with Gasteiger partial charge in [-0.15, -0.1) is 0 Å². The summed E-state index contributed by atoms with van der Waals surface area (Å²) in [6, 6.07) is 11.2. The summed E-state index contributed by atoms with van der Waals surface area (Å²) in [4.78, 5) is 12.2. The number of hydrogen-bond donors (Lipinski definition) is 1. The van der Waals surface area contributed by atoms with Gasteiger partial charge >= 0.3 is 0 Å². The summed E-state index contributed by atoms with van der Waals surface area (Å²) in [5.74, 6) is 0.648. The van der Waals surface area contributed by atoms with E-state index in [9.17, 15) is 4.79 Å². The predicted molar refractivity (Wildman–Crippen MR) is 111 cm³/mol. The van der Waals surface area contributed by atoms with E-state index >= 15 is 0 Å². The molecule has 3 aromatic rings. The number of carbonyl (C=O) groups is 1. The van der Waals surface area contributed by atoms with Crippen LogP contribution < -0.4 is 10.1 Å². The average molecular weight is 418 g/mol. The number of benzene rings is 2. The van der Waals surface area contributed by atoms with E-state index in [-0.39, 0.29) is 5.91 Å². The van der Waals surface area contributed by atoms with Gasteiger partial charge in [0.1, 0.15) is 12.4 Å². The van der Waals surface area contributed by atoms with Crippen LogP contribution in [0.3, 0.4) is 0 Å². The quantitative estimate of drug-likeness (QED) is 0.599. The van der Waals surface area contributed by atoms with Crippen LogP contribution in [0.5, 0.6) is 5.75 Å². The summed E-state index contributed by atoms with van der Waals surface area (Å²) < 4.78 is 7.53. The van der Waals surface area contributed by atoms with E-state index in [0.717, 1.165) is 27.5 Å². The standard InChI is InChI=1S/C21H21Cl2N3O2/c1-14-9-19(10-15(2)20(14)23)28-13-16-3-5-17(6-4-16)21(27)24-7-8-26-12-18(22)11-25-26/h3-6,9-12H,7-8,13H2,1-2H3,(H,24,27). The molecule has 0 saturated heterocycles. The Balaban J connectivity index is 1.50. The van der Waals surface area contributed by atoms with Gasteiger partial charge in [-0.05, 0) is 54.8 Å². The Labute approximate surface area is 174 Å². The molecule has 28 heavy (non-hydrogen) atoms. The summed E-state index contributed by atoms with van der Waals surface area (Å²) in [5.41, 5.74) is 3.55. The Morgan fingerprint density at radius 3 is 2.43 bits per heavy atom. The maximum atomic E-state index is 12.2. The largest absolute Gasteiger partial charge is 0.489 e. The number of ether oxygens (including phenoxy) is 1. The lowest BCUT2D eigenvalue weighted by Gasteiger charge is -2.11. The van der Waals surface area contributed by atoms with Crippen molar-refractivity contribution in [1.29, 1.82) is 0 Å². The van der Waals surface area contributed by atoms with Crippen molar-refractivity contribution in [3.05, 3.63) is 81.1 Å². The molecule has 0 spiro atoms. The number of hydrogen-bond acceptors (Lipinski definition) is 3. The predicted octanol–water partition coefficient (Wildman–Crippen LogP) is 4.82. The average Bonchev–Trinajstić information content (AvgIpc) is 3.09. The summed E-state index contributed by atoms with van der Waals surface area (Å²) in [7, 11) is 0. The highest BCUT2D eigenvalue weighted by molar-refractivity contribution is 6.32. The number of amides is 1. The van der Waals surface area contributed by atoms with Crippen LogP contribution in [0.4, 0.5) is 0 Å². The molecule has 7 heteroatoms. The molecule has 0 saturated carbocycles. The zero-order chi connectivity index (χ0) is 20.1. The van der Waals surface area contributed by atoms with E-state index in [1.807, 2.05) is 38.1 Å². The molecule has 1 N–H and O–H groups in total. The Kier molecular flexibility index (Phi) is 6.60. The minimum Gasteiger partial charge on any atom is -0.489 e. The molecule has 3 rings (SSSR count). The minimum absolute atomic E-state index is 0.130. The van der Waals surface area contributed by atoms with Crippen LogP contribution in [0, 0.1) is 13.8 Å². The zero-order valence-electron chi connectivity index (χ0n) is 15.7. The molecular formula is C21H21Cl2N3O2. The molecule has 0 unspecified atom stereocenters. The van der Waals surface area contributed by atoms with E-state index in [4.69, 9.17) is 27.9 Å². The Hall–Kier alpha value is -2.50. The Morgan fingerprint density at radius 1 is 1.14 bits per heavy atom. The van der Waals surface area contributed by atoms with E-state index in [2.05, 4.69) is 10.4 Å². The number of halogens is 2. The van der Waals surface area contributed by atoms with Crippen molar-refractivity contribution in [2.45, 2.75) is 27.0 Å². The Morgan fingerprint density at radius 2 is 1.82 bits per heavy atom. The molecule has 0 bridgehead atoms. The second-order valence-electron chi connectivity index (χ2n) is 6.53. The third kappa shape index (κ3) is 5.27. The minimum atomic E-state index is -0.130. The molecule has 0 atom stereocenters. The lowest BCUT2D eigenvalue weighted by molar-refractivity contribution is 0.0952. The first-order chi connectivity index (χ1) is 13.4. The van der Waals surface area contributed by atoms with Crippen molar-refractivity contribution in [2.75, 3.05) is 6.54 Å². The van der Waals surface area contributed by atoms with E-state index in [0.29, 0.717) is 30.3 Å². The topological polar surface area (TPSA) is 56.1 Å². The van der Waals surface area contributed by atoms with Gasteiger partial charge in [0.15, 0.2) is 0 Å². The van der Waals surface area contributed by atoms with E-state index < -0.39 is 0 Å². The van der Waals surface area contributed by atoms with E-state index in [1.165, 1.54) is 0 Å². The number of nitrogens with zero attached hydrogens (tertiary/aromatic N) is 2. The fraction of sp³-hybridized carbons (Fsp3) is 0.238. The second kappa shape index (κ2) is 9.13. The summed E-state index contributed by atoms with van der Waals surface area (Å²) in [5, 5.41) is 8.27. The highest BCUT2D eigenvalue weighted by atomic mass is 35.5. The number of aromatic nitrogens is 2. The van der Waals surface area contributed by atoms with Crippen LogP contribution in [0.1, 0.15) is 27.0 Å². The molecule has 0 aliphatic rings. The van der Waals surface area contributed by atoms with Crippen molar-refractivity contribution < 1.29 is 9.53 Å². The highest BCUT2D eigenvalue weighted by Gasteiger charge is 2.07. The molecule has 146 valence electrons. The summed E-state index contributed by atoms with van der Waals surface area (Å²) >= 11 is 12.0. The third-order valence-electron chi connectivity index (χ3n) is 4.26. The first-order valence-electron chi connectivity index (χ1n) is 8.87. The second-order valence-corrected chi connectivity index (χ2v) is 7.35. The number of aryl methyl sites for hydroxylation is 2. The van der Waals surface area contributed by atoms with Gasteiger partial charge in [-0.3, -0.25) is 9.48 Å². The van der Waals surface area contributed by atoms with Crippen molar-refractivity contribution >= 4 is 29.1 Å². The van der Waals surface area contributed by atoms with Gasteiger partial charge in [0, 0.05) is 23.3 Å². The lowest BCUT2D eigenvalue weighted by atomic mass is 10.1. The first kappa shape index (κ1) is 20.2. The van der Waals surface area contributed by atoms with Gasteiger partial charge in [-0.2, -0.15) is 5.10 Å². The molecule has 2 aromatic carbocycles. The molecule has 1 aromatic heterocycles. The van der Waals surface area contributed by atoms with Crippen LogP contribution in [0.25, 0.3) is 0 Å². The molecule has 0 fully saturated rings. The van der Waals surface area contributed by atoms with Gasteiger partial charge in [0.25, 0.3) is 5.91 Å². The SMILES string of the molecule is Cc1cc(OCc2ccc(C(=O)NCCn3cc(Cl)cn3)cc2)cc(C)c1Cl. The fourth-order valence-electron chi connectivity index (χ4n) is 2.76. The highest BCUT2D eigenvalue weighted by Crippen LogP contribution is 2.26. The fourth-order valence-corrected chi connectivity index (χ4v) is 3.02. The zero-order valence-corrected chi connectivity index (χ0v) is 17.2.